The van der Waals surface area contributed by atoms with E-state index >= 15 is 0 Å². The third-order valence-electron chi connectivity index (χ3n) is 6.47. The van der Waals surface area contributed by atoms with Gasteiger partial charge in [0.15, 0.2) is 0 Å². The van der Waals surface area contributed by atoms with Crippen molar-refractivity contribution < 1.29 is 0 Å². The van der Waals surface area contributed by atoms with E-state index in [0.29, 0.717) is 11.8 Å². The van der Waals surface area contributed by atoms with E-state index in [1.54, 1.807) is 0 Å². The maximum atomic E-state index is 4.90. The lowest BCUT2D eigenvalue weighted by Crippen LogP contribution is -2.45. The van der Waals surface area contributed by atoms with Crippen LogP contribution in [0.4, 0.5) is 0 Å². The lowest BCUT2D eigenvalue weighted by atomic mass is 9.63. The first-order chi connectivity index (χ1) is 9.60. The van der Waals surface area contributed by atoms with Crippen LogP contribution in [0, 0.1) is 17.3 Å². The number of azo groups is 1. The van der Waals surface area contributed by atoms with Crippen molar-refractivity contribution in [2.75, 3.05) is 0 Å². The maximum absolute atomic E-state index is 4.90. The van der Waals surface area contributed by atoms with Gasteiger partial charge in [0.25, 0.3) is 0 Å². The number of hydrogen-bond acceptors (Lipinski definition) is 2. The predicted molar refractivity (Wildman–Crippen MR) is 80.5 cm³/mol. The molecular formula is C18H22N2. The zero-order valence-corrected chi connectivity index (χ0v) is 12.3. The van der Waals surface area contributed by atoms with Gasteiger partial charge in [-0.15, -0.1) is 6.58 Å². The molecular weight excluding hydrogens is 244 g/mol. The Morgan fingerprint density at radius 2 is 1.80 bits per heavy atom. The second-order valence-electron chi connectivity index (χ2n) is 7.13. The van der Waals surface area contributed by atoms with Gasteiger partial charge in [-0.1, -0.05) is 56.7 Å². The van der Waals surface area contributed by atoms with E-state index in [0.717, 1.165) is 0 Å². The van der Waals surface area contributed by atoms with Gasteiger partial charge in [0.2, 0.25) is 0 Å². The van der Waals surface area contributed by atoms with Gasteiger partial charge in [0.1, 0.15) is 11.1 Å². The predicted octanol–water partition coefficient (Wildman–Crippen LogP) is 4.73. The molecule has 4 rings (SSSR count). The Bertz CT molecular complexity index is 589. The molecule has 1 heterocycles. The Hall–Kier alpha value is -1.44. The van der Waals surface area contributed by atoms with Crippen LogP contribution in [0.15, 0.2) is 53.2 Å². The molecule has 0 saturated heterocycles. The fraction of sp³-hybridized carbons (Fsp3) is 0.556. The standard InChI is InChI=1S/C18H22N2/c1-4-17-14-11-8-12-15(14)18(20-19-17,16(17,2)3)13-9-6-5-7-10-13/h4-7,9-10,14-15H,1,8,11-12H2,2-3H3/t14-,15+,17-,18+/m1/s1. The third kappa shape index (κ3) is 1.02. The summed E-state index contributed by atoms with van der Waals surface area (Å²) in [5.41, 5.74) is 1.04. The van der Waals surface area contributed by atoms with E-state index in [4.69, 9.17) is 10.2 Å². The van der Waals surface area contributed by atoms with Crippen LogP contribution in [0.1, 0.15) is 38.7 Å². The number of nitrogens with zero attached hydrogens (tertiary/aromatic N) is 2. The lowest BCUT2D eigenvalue weighted by molar-refractivity contribution is 0.164. The summed E-state index contributed by atoms with van der Waals surface area (Å²) >= 11 is 0. The highest BCUT2D eigenvalue weighted by Gasteiger charge is 2.76. The van der Waals surface area contributed by atoms with Gasteiger partial charge < -0.3 is 0 Å². The molecule has 2 bridgehead atoms. The second kappa shape index (κ2) is 3.60. The van der Waals surface area contributed by atoms with E-state index in [9.17, 15) is 0 Å². The summed E-state index contributed by atoms with van der Waals surface area (Å²) < 4.78 is 0. The minimum atomic E-state index is -0.163. The first-order valence-corrected chi connectivity index (χ1v) is 7.73. The van der Waals surface area contributed by atoms with Crippen LogP contribution >= 0.6 is 0 Å². The molecule has 1 aromatic rings. The average molecular weight is 266 g/mol. The molecule has 104 valence electrons. The molecule has 0 unspecified atom stereocenters. The molecule has 3 aliphatic rings. The normalized spacial score (nSPS) is 43.7. The molecule has 0 amide bonds. The summed E-state index contributed by atoms with van der Waals surface area (Å²) in [4.78, 5) is 0. The molecule has 2 heteroatoms. The lowest BCUT2D eigenvalue weighted by Gasteiger charge is -2.40. The Morgan fingerprint density at radius 3 is 2.50 bits per heavy atom. The summed E-state index contributed by atoms with van der Waals surface area (Å²) in [5, 5.41) is 9.70. The smallest absolute Gasteiger partial charge is 0.117 e. The number of benzene rings is 1. The molecule has 1 aromatic carbocycles. The first kappa shape index (κ1) is 12.3. The van der Waals surface area contributed by atoms with Gasteiger partial charge in [-0.25, -0.2) is 0 Å². The molecule has 2 nitrogen and oxygen atoms in total. The van der Waals surface area contributed by atoms with Gasteiger partial charge in [-0.3, -0.25) is 0 Å². The van der Waals surface area contributed by atoms with Gasteiger partial charge in [-0.05, 0) is 30.2 Å². The topological polar surface area (TPSA) is 24.7 Å². The summed E-state index contributed by atoms with van der Waals surface area (Å²) in [5.74, 6) is 1.24. The Labute approximate surface area is 121 Å². The quantitative estimate of drug-likeness (QED) is 0.691. The zero-order chi connectivity index (χ0) is 14.0. The third-order valence-corrected chi connectivity index (χ3v) is 6.47. The van der Waals surface area contributed by atoms with E-state index in [-0.39, 0.29) is 16.5 Å². The van der Waals surface area contributed by atoms with Crippen LogP contribution in [0.2, 0.25) is 0 Å². The molecule has 0 spiro atoms. The van der Waals surface area contributed by atoms with Crippen molar-refractivity contribution in [3.8, 4) is 0 Å². The van der Waals surface area contributed by atoms with Gasteiger partial charge in [-0.2, -0.15) is 10.2 Å². The van der Waals surface area contributed by atoms with Gasteiger partial charge >= 0.3 is 0 Å². The first-order valence-electron chi connectivity index (χ1n) is 7.73. The molecule has 0 radical (unpaired) electrons. The highest BCUT2D eigenvalue weighted by atomic mass is 15.3. The Kier molecular flexibility index (Phi) is 2.22. The zero-order valence-electron chi connectivity index (χ0n) is 12.3. The van der Waals surface area contributed by atoms with Crippen LogP contribution in [-0.4, -0.2) is 5.54 Å². The van der Waals surface area contributed by atoms with Crippen LogP contribution in [0.3, 0.4) is 0 Å². The van der Waals surface area contributed by atoms with Crippen molar-refractivity contribution in [3.63, 3.8) is 0 Å². The van der Waals surface area contributed by atoms with E-state index in [1.165, 1.54) is 24.8 Å². The van der Waals surface area contributed by atoms with Crippen molar-refractivity contribution >= 4 is 0 Å². The fourth-order valence-electron chi connectivity index (χ4n) is 5.55. The van der Waals surface area contributed by atoms with Crippen LogP contribution in [0.5, 0.6) is 0 Å². The minimum absolute atomic E-state index is 0.0128. The highest BCUT2D eigenvalue weighted by molar-refractivity contribution is 5.42. The van der Waals surface area contributed by atoms with Crippen LogP contribution in [0.25, 0.3) is 0 Å². The fourth-order valence-corrected chi connectivity index (χ4v) is 5.55. The van der Waals surface area contributed by atoms with E-state index in [1.807, 2.05) is 0 Å². The van der Waals surface area contributed by atoms with Crippen molar-refractivity contribution in [1.29, 1.82) is 0 Å². The Balaban J connectivity index is 2.00. The van der Waals surface area contributed by atoms with Crippen molar-refractivity contribution in [2.45, 2.75) is 44.2 Å². The monoisotopic (exact) mass is 266 g/mol. The maximum Gasteiger partial charge on any atom is 0.117 e. The van der Waals surface area contributed by atoms with Crippen LogP contribution < -0.4 is 0 Å². The summed E-state index contributed by atoms with van der Waals surface area (Å²) in [7, 11) is 0. The molecule has 0 N–H and O–H groups in total. The molecule has 20 heavy (non-hydrogen) atoms. The van der Waals surface area contributed by atoms with Crippen molar-refractivity contribution in [3.05, 3.63) is 48.6 Å². The molecule has 2 aliphatic carbocycles. The van der Waals surface area contributed by atoms with Gasteiger partial charge in [0.05, 0.1) is 0 Å². The minimum Gasteiger partial charge on any atom is -0.181 e. The molecule has 2 saturated carbocycles. The Morgan fingerprint density at radius 1 is 1.10 bits per heavy atom. The van der Waals surface area contributed by atoms with Crippen LogP contribution in [-0.2, 0) is 5.54 Å². The van der Waals surface area contributed by atoms with E-state index < -0.39 is 0 Å². The summed E-state index contributed by atoms with van der Waals surface area (Å²) in [6, 6.07) is 10.8. The van der Waals surface area contributed by atoms with Gasteiger partial charge in [0, 0.05) is 5.41 Å². The summed E-state index contributed by atoms with van der Waals surface area (Å²) in [6.45, 7) is 8.83. The largest absolute Gasteiger partial charge is 0.181 e. The summed E-state index contributed by atoms with van der Waals surface area (Å²) in [6.07, 6.45) is 5.95. The molecule has 0 aromatic heterocycles. The molecule has 2 fully saturated rings. The second-order valence-corrected chi connectivity index (χ2v) is 7.13. The van der Waals surface area contributed by atoms with Crippen molar-refractivity contribution in [2.24, 2.45) is 27.5 Å². The van der Waals surface area contributed by atoms with Crippen molar-refractivity contribution in [1.82, 2.24) is 0 Å². The molecule has 1 aliphatic heterocycles. The van der Waals surface area contributed by atoms with E-state index in [2.05, 4.69) is 56.8 Å². The average Bonchev–Trinajstić information content (AvgIpc) is 3.07. The SMILES string of the molecule is C=C[C@@]12N=N[C@@](c3ccccc3)([C@H]3CCC[C@H]31)C2(C)C. The molecule has 4 atom stereocenters. The number of hydrogen-bond donors (Lipinski definition) is 0. The highest BCUT2D eigenvalue weighted by Crippen LogP contribution is 2.74. The number of fused-ring (bicyclic) bond motifs is 5. The number of rotatable bonds is 2.